The first-order valence-electron chi connectivity index (χ1n) is 13.7. The van der Waals surface area contributed by atoms with Gasteiger partial charge in [0.15, 0.2) is 0 Å². The summed E-state index contributed by atoms with van der Waals surface area (Å²) in [5, 5.41) is 10.5. The van der Waals surface area contributed by atoms with Gasteiger partial charge in [0.25, 0.3) is 5.91 Å². The van der Waals surface area contributed by atoms with E-state index in [-0.39, 0.29) is 17.5 Å². The van der Waals surface area contributed by atoms with Crippen molar-refractivity contribution in [1.29, 1.82) is 0 Å². The van der Waals surface area contributed by atoms with Gasteiger partial charge in [0.05, 0.1) is 29.4 Å². The molecule has 2 aliphatic rings. The molecule has 3 heterocycles. The molecule has 0 spiro atoms. The third-order valence-electron chi connectivity index (χ3n) is 8.32. The second-order valence-electron chi connectivity index (χ2n) is 10.8. The number of aromatic nitrogens is 1. The van der Waals surface area contributed by atoms with Crippen LogP contribution in [0.1, 0.15) is 31.8 Å². The zero-order chi connectivity index (χ0) is 27.8. The Bertz CT molecular complexity index is 1570. The lowest BCUT2D eigenvalue weighted by Crippen LogP contribution is -2.53. The third kappa shape index (κ3) is 4.85. The summed E-state index contributed by atoms with van der Waals surface area (Å²) in [5.74, 6) is -0.481. The molecule has 4 aromatic rings. The van der Waals surface area contributed by atoms with Gasteiger partial charge in [0.1, 0.15) is 5.75 Å². The maximum absolute atomic E-state index is 14.5. The zero-order valence-corrected chi connectivity index (χ0v) is 22.9. The summed E-state index contributed by atoms with van der Waals surface area (Å²) < 4.78 is 7.34. The molecule has 0 saturated carbocycles. The highest BCUT2D eigenvalue weighted by Crippen LogP contribution is 2.32. The number of ether oxygens (including phenoxy) is 1. The van der Waals surface area contributed by atoms with E-state index in [1.807, 2.05) is 39.8 Å². The molecule has 1 saturated heterocycles. The minimum absolute atomic E-state index is 0.0248. The van der Waals surface area contributed by atoms with Gasteiger partial charge in [0.2, 0.25) is 0 Å². The Morgan fingerprint density at radius 2 is 1.65 bits per heavy atom. The first-order valence-corrected chi connectivity index (χ1v) is 13.7. The van der Waals surface area contributed by atoms with Gasteiger partial charge >= 0.3 is 5.97 Å². The van der Waals surface area contributed by atoms with Gasteiger partial charge in [-0.1, -0.05) is 42.5 Å². The van der Waals surface area contributed by atoms with E-state index in [0.29, 0.717) is 28.9 Å². The summed E-state index contributed by atoms with van der Waals surface area (Å²) in [6, 6.07) is 21.2. The zero-order valence-electron chi connectivity index (χ0n) is 22.9. The van der Waals surface area contributed by atoms with Gasteiger partial charge in [-0.25, -0.2) is 4.79 Å². The van der Waals surface area contributed by atoms with E-state index in [0.717, 1.165) is 44.7 Å². The lowest BCUT2D eigenvalue weighted by molar-refractivity contribution is 0.0535. The molecule has 8 nitrogen and oxygen atoms in total. The maximum Gasteiger partial charge on any atom is 0.337 e. The maximum atomic E-state index is 14.5. The number of aromatic carboxylic acids is 1. The molecule has 2 aliphatic heterocycles. The van der Waals surface area contributed by atoms with Gasteiger partial charge in [0, 0.05) is 63.0 Å². The van der Waals surface area contributed by atoms with Crippen LogP contribution >= 0.6 is 0 Å². The van der Waals surface area contributed by atoms with Gasteiger partial charge in [-0.05, 0) is 42.8 Å². The fourth-order valence-corrected chi connectivity index (χ4v) is 6.04. The number of carboxylic acid groups (broad SMARTS) is 1. The van der Waals surface area contributed by atoms with E-state index in [4.69, 9.17) is 4.74 Å². The minimum atomic E-state index is -1.01. The molecular weight excluding hydrogens is 504 g/mol. The van der Waals surface area contributed by atoms with Crippen LogP contribution in [0.2, 0.25) is 0 Å². The van der Waals surface area contributed by atoms with Crippen LogP contribution in [0.3, 0.4) is 0 Å². The first kappa shape index (κ1) is 26.1. The summed E-state index contributed by atoms with van der Waals surface area (Å²) >= 11 is 0. The fraction of sp³-hybridized carbons (Fsp3) is 0.312. The Labute approximate surface area is 234 Å². The van der Waals surface area contributed by atoms with E-state index in [1.54, 1.807) is 31.5 Å². The van der Waals surface area contributed by atoms with Crippen molar-refractivity contribution in [1.82, 2.24) is 19.3 Å². The Kier molecular flexibility index (Phi) is 7.04. The number of amides is 1. The third-order valence-corrected chi connectivity index (χ3v) is 8.32. The van der Waals surface area contributed by atoms with E-state index < -0.39 is 5.97 Å². The van der Waals surface area contributed by atoms with Crippen molar-refractivity contribution in [2.24, 2.45) is 0 Å². The molecule has 1 fully saturated rings. The Morgan fingerprint density at radius 1 is 0.925 bits per heavy atom. The standard InChI is InChI=1S/C32H34N4O4/c1-33-13-15-34(16-14-33)20-24-17-22-7-3-4-8-23(22)19-35(24)31(37)27-12-11-25(40-2)18-30(27)36-21-28(32(38)39)26-9-5-6-10-29(26)36/h3-12,18,21,24H,13-17,19-20H2,1-2H3,(H,38,39)/t24-/m0/s1. The number of nitrogens with zero attached hydrogens (tertiary/aromatic N) is 4. The van der Waals surface area contributed by atoms with Crippen molar-refractivity contribution in [3.05, 3.63) is 95.2 Å². The number of rotatable bonds is 6. The van der Waals surface area contributed by atoms with Gasteiger partial charge in [-0.3, -0.25) is 9.69 Å². The molecule has 0 aliphatic carbocycles. The molecule has 40 heavy (non-hydrogen) atoms. The molecule has 0 unspecified atom stereocenters. The molecule has 1 aromatic heterocycles. The number of methoxy groups -OCH3 is 1. The van der Waals surface area contributed by atoms with Crippen LogP contribution in [0.5, 0.6) is 5.75 Å². The summed E-state index contributed by atoms with van der Waals surface area (Å²) in [5.41, 5.74) is 4.49. The normalized spacial score (nSPS) is 18.1. The van der Waals surface area contributed by atoms with E-state index in [9.17, 15) is 14.7 Å². The lowest BCUT2D eigenvalue weighted by Gasteiger charge is -2.41. The molecule has 1 atom stereocenters. The van der Waals surface area contributed by atoms with Crippen LogP contribution in [0.25, 0.3) is 16.6 Å². The van der Waals surface area contributed by atoms with E-state index in [2.05, 4.69) is 35.0 Å². The van der Waals surface area contributed by atoms with Crippen molar-refractivity contribution in [2.75, 3.05) is 46.9 Å². The highest BCUT2D eigenvalue weighted by molar-refractivity contribution is 6.05. The summed E-state index contributed by atoms with van der Waals surface area (Å²) in [6.45, 7) is 5.36. The predicted octanol–water partition coefficient (Wildman–Crippen LogP) is 4.15. The largest absolute Gasteiger partial charge is 0.497 e. The van der Waals surface area contributed by atoms with Gasteiger partial charge < -0.3 is 24.2 Å². The van der Waals surface area contributed by atoms with Crippen LogP contribution in [0, 0.1) is 0 Å². The molecule has 0 bridgehead atoms. The number of likely N-dealkylation sites (N-methyl/N-ethyl adjacent to an activating group) is 1. The predicted molar refractivity (Wildman–Crippen MR) is 155 cm³/mol. The van der Waals surface area contributed by atoms with Crippen molar-refractivity contribution in [3.8, 4) is 11.4 Å². The monoisotopic (exact) mass is 538 g/mol. The SMILES string of the molecule is COc1ccc(C(=O)N2Cc3ccccc3C[C@H]2CN2CCN(C)CC2)c(-n2cc(C(=O)O)c3ccccc32)c1. The van der Waals surface area contributed by atoms with Crippen molar-refractivity contribution < 1.29 is 19.4 Å². The summed E-state index contributed by atoms with van der Waals surface area (Å²) in [7, 11) is 3.74. The number of piperazine rings is 1. The average molecular weight is 539 g/mol. The van der Waals surface area contributed by atoms with Crippen LogP contribution < -0.4 is 4.74 Å². The Hall–Kier alpha value is -4.14. The summed E-state index contributed by atoms with van der Waals surface area (Å²) in [6.07, 6.45) is 2.40. The van der Waals surface area contributed by atoms with Crippen LogP contribution in [-0.2, 0) is 13.0 Å². The number of benzene rings is 3. The summed E-state index contributed by atoms with van der Waals surface area (Å²) in [4.78, 5) is 33.4. The average Bonchev–Trinajstić information content (AvgIpc) is 3.37. The fourth-order valence-electron chi connectivity index (χ4n) is 6.04. The number of para-hydroxylation sites is 1. The molecule has 0 radical (unpaired) electrons. The van der Waals surface area contributed by atoms with Crippen LogP contribution in [0.4, 0.5) is 0 Å². The Morgan fingerprint density at radius 3 is 2.40 bits per heavy atom. The van der Waals surface area contributed by atoms with Crippen LogP contribution in [0.15, 0.2) is 72.9 Å². The lowest BCUT2D eigenvalue weighted by atomic mass is 9.92. The topological polar surface area (TPSA) is 78.2 Å². The van der Waals surface area contributed by atoms with E-state index in [1.165, 1.54) is 11.1 Å². The molecular formula is C32H34N4O4. The van der Waals surface area contributed by atoms with Crippen molar-refractivity contribution in [3.63, 3.8) is 0 Å². The quantitative estimate of drug-likeness (QED) is 0.398. The Balaban J connectivity index is 1.43. The van der Waals surface area contributed by atoms with E-state index >= 15 is 0 Å². The van der Waals surface area contributed by atoms with Crippen molar-refractivity contribution in [2.45, 2.75) is 19.0 Å². The first-order chi connectivity index (χ1) is 19.4. The second-order valence-corrected chi connectivity index (χ2v) is 10.8. The number of fused-ring (bicyclic) bond motifs is 2. The highest BCUT2D eigenvalue weighted by atomic mass is 16.5. The number of carbonyl (C=O) groups excluding carboxylic acids is 1. The molecule has 6 rings (SSSR count). The number of carboxylic acids is 1. The second kappa shape index (κ2) is 10.8. The smallest absolute Gasteiger partial charge is 0.337 e. The van der Waals surface area contributed by atoms with Gasteiger partial charge in [-0.2, -0.15) is 0 Å². The van der Waals surface area contributed by atoms with Crippen molar-refractivity contribution >= 4 is 22.8 Å². The molecule has 1 amide bonds. The number of hydrogen-bond acceptors (Lipinski definition) is 5. The molecule has 206 valence electrons. The highest BCUT2D eigenvalue weighted by Gasteiger charge is 2.33. The number of carbonyl (C=O) groups is 2. The minimum Gasteiger partial charge on any atom is -0.497 e. The molecule has 8 heteroatoms. The molecule has 3 aromatic carbocycles. The number of hydrogen-bond donors (Lipinski definition) is 1. The molecule has 1 N–H and O–H groups in total. The van der Waals surface area contributed by atoms with Gasteiger partial charge in [-0.15, -0.1) is 0 Å². The van der Waals surface area contributed by atoms with Crippen LogP contribution in [-0.4, -0.2) is 89.2 Å².